The van der Waals surface area contributed by atoms with E-state index in [0.717, 1.165) is 13.0 Å². The van der Waals surface area contributed by atoms with Gasteiger partial charge < -0.3 is 10.6 Å². The number of anilines is 2. The van der Waals surface area contributed by atoms with Crippen molar-refractivity contribution in [1.29, 1.82) is 0 Å². The van der Waals surface area contributed by atoms with Crippen molar-refractivity contribution in [2.24, 2.45) is 0 Å². The second kappa shape index (κ2) is 7.10. The zero-order valence-corrected chi connectivity index (χ0v) is 12.5. The van der Waals surface area contributed by atoms with Crippen LogP contribution < -0.4 is 10.6 Å². The van der Waals surface area contributed by atoms with E-state index in [9.17, 15) is 0 Å². The molecule has 1 aromatic carbocycles. The third-order valence-electron chi connectivity index (χ3n) is 2.97. The molecule has 2 rings (SSSR count). The van der Waals surface area contributed by atoms with Crippen LogP contribution in [0, 0.1) is 0 Å². The molecule has 5 heteroatoms. The molecule has 0 aliphatic rings. The summed E-state index contributed by atoms with van der Waals surface area (Å²) in [5, 5.41) is 6.83. The number of rotatable bonds is 6. The van der Waals surface area contributed by atoms with Crippen LogP contribution in [-0.4, -0.2) is 16.5 Å². The average molecular weight is 291 g/mol. The van der Waals surface area contributed by atoms with E-state index in [1.165, 1.54) is 11.1 Å². The van der Waals surface area contributed by atoms with Gasteiger partial charge in [0, 0.05) is 13.1 Å². The summed E-state index contributed by atoms with van der Waals surface area (Å²) in [6.45, 7) is 5.61. The molecule has 0 bridgehead atoms. The number of hydrogen-bond donors (Lipinski definition) is 2. The maximum Gasteiger partial charge on any atom is 0.224 e. The molecule has 0 saturated heterocycles. The van der Waals surface area contributed by atoms with Crippen LogP contribution in [0.1, 0.15) is 25.0 Å². The highest BCUT2D eigenvalue weighted by Gasteiger charge is 2.04. The van der Waals surface area contributed by atoms with Crippen LogP contribution in [0.2, 0.25) is 5.02 Å². The van der Waals surface area contributed by atoms with Gasteiger partial charge in [-0.05, 0) is 24.5 Å². The fourth-order valence-electron chi connectivity index (χ4n) is 1.81. The quantitative estimate of drug-likeness (QED) is 0.851. The van der Waals surface area contributed by atoms with Gasteiger partial charge in [-0.2, -0.15) is 4.98 Å². The molecule has 0 spiro atoms. The molecule has 0 saturated carbocycles. The van der Waals surface area contributed by atoms with Crippen LogP contribution in [-0.2, 0) is 13.0 Å². The zero-order chi connectivity index (χ0) is 14.4. The minimum Gasteiger partial charge on any atom is -0.365 e. The van der Waals surface area contributed by atoms with Crippen LogP contribution in [0.5, 0.6) is 0 Å². The number of nitrogens with zero attached hydrogens (tertiary/aromatic N) is 2. The lowest BCUT2D eigenvalue weighted by atomic mass is 10.1. The van der Waals surface area contributed by atoms with Gasteiger partial charge >= 0.3 is 0 Å². The summed E-state index contributed by atoms with van der Waals surface area (Å²) in [7, 11) is 0. The molecule has 2 aromatic rings. The minimum atomic E-state index is 0.525. The lowest BCUT2D eigenvalue weighted by molar-refractivity contribution is 1.05. The predicted molar refractivity (Wildman–Crippen MR) is 84.4 cm³/mol. The van der Waals surface area contributed by atoms with E-state index in [1.54, 1.807) is 6.20 Å². The van der Waals surface area contributed by atoms with E-state index in [1.807, 2.05) is 6.92 Å². The summed E-state index contributed by atoms with van der Waals surface area (Å²) >= 11 is 6.10. The third-order valence-corrected chi connectivity index (χ3v) is 3.25. The molecule has 0 radical (unpaired) electrons. The Bertz CT molecular complexity index is 554. The fraction of sp³-hybridized carbons (Fsp3) is 0.333. The average Bonchev–Trinajstić information content (AvgIpc) is 2.48. The minimum absolute atomic E-state index is 0.525. The van der Waals surface area contributed by atoms with Crippen molar-refractivity contribution in [2.45, 2.75) is 26.8 Å². The number of nitrogens with one attached hydrogen (secondary N) is 2. The molecule has 0 fully saturated rings. The summed E-state index contributed by atoms with van der Waals surface area (Å²) in [5.74, 6) is 1.23. The van der Waals surface area contributed by atoms with Gasteiger partial charge in [-0.3, -0.25) is 0 Å². The smallest absolute Gasteiger partial charge is 0.224 e. The first-order valence-corrected chi connectivity index (χ1v) is 7.18. The highest BCUT2D eigenvalue weighted by molar-refractivity contribution is 6.32. The van der Waals surface area contributed by atoms with Crippen LogP contribution in [0.25, 0.3) is 0 Å². The molecule has 2 N–H and O–H groups in total. The van der Waals surface area contributed by atoms with Crippen molar-refractivity contribution < 1.29 is 0 Å². The largest absolute Gasteiger partial charge is 0.365 e. The Labute approximate surface area is 124 Å². The highest BCUT2D eigenvalue weighted by atomic mass is 35.5. The van der Waals surface area contributed by atoms with Gasteiger partial charge in [-0.15, -0.1) is 0 Å². The van der Waals surface area contributed by atoms with Gasteiger partial charge in [0.25, 0.3) is 0 Å². The molecule has 0 aliphatic carbocycles. The van der Waals surface area contributed by atoms with E-state index in [2.05, 4.69) is 51.8 Å². The normalized spacial score (nSPS) is 10.3. The molecule has 1 heterocycles. The van der Waals surface area contributed by atoms with E-state index in [0.29, 0.717) is 23.3 Å². The molecule has 20 heavy (non-hydrogen) atoms. The topological polar surface area (TPSA) is 49.8 Å². The predicted octanol–water partition coefficient (Wildman–Crippen LogP) is 3.74. The van der Waals surface area contributed by atoms with Crippen molar-refractivity contribution in [3.63, 3.8) is 0 Å². The second-order valence-corrected chi connectivity index (χ2v) is 4.85. The summed E-state index contributed by atoms with van der Waals surface area (Å²) in [5.41, 5.74) is 2.53. The molecule has 0 atom stereocenters. The summed E-state index contributed by atoms with van der Waals surface area (Å²) in [6, 6.07) is 8.52. The Balaban J connectivity index is 2.03. The summed E-state index contributed by atoms with van der Waals surface area (Å²) in [4.78, 5) is 8.46. The molecular weight excluding hydrogens is 272 g/mol. The van der Waals surface area contributed by atoms with Crippen molar-refractivity contribution >= 4 is 23.4 Å². The molecule has 1 aromatic heterocycles. The Hall–Kier alpha value is -1.81. The van der Waals surface area contributed by atoms with E-state index in [-0.39, 0.29) is 0 Å². The zero-order valence-electron chi connectivity index (χ0n) is 11.8. The van der Waals surface area contributed by atoms with Gasteiger partial charge in [-0.25, -0.2) is 4.98 Å². The van der Waals surface area contributed by atoms with Crippen molar-refractivity contribution in [2.75, 3.05) is 17.2 Å². The first-order valence-electron chi connectivity index (χ1n) is 6.81. The van der Waals surface area contributed by atoms with Crippen LogP contribution >= 0.6 is 11.6 Å². The van der Waals surface area contributed by atoms with E-state index < -0.39 is 0 Å². The molecule has 4 nitrogen and oxygen atoms in total. The maximum atomic E-state index is 6.10. The third kappa shape index (κ3) is 3.84. The Kier molecular flexibility index (Phi) is 5.18. The summed E-state index contributed by atoms with van der Waals surface area (Å²) < 4.78 is 0. The van der Waals surface area contributed by atoms with Crippen molar-refractivity contribution in [1.82, 2.24) is 9.97 Å². The number of hydrogen-bond acceptors (Lipinski definition) is 4. The first kappa shape index (κ1) is 14.6. The monoisotopic (exact) mass is 290 g/mol. The lowest BCUT2D eigenvalue weighted by Gasteiger charge is -2.09. The fourth-order valence-corrected chi connectivity index (χ4v) is 1.97. The van der Waals surface area contributed by atoms with Gasteiger partial charge in [-0.1, -0.05) is 42.8 Å². The second-order valence-electron chi connectivity index (χ2n) is 4.44. The van der Waals surface area contributed by atoms with Crippen molar-refractivity contribution in [3.8, 4) is 0 Å². The van der Waals surface area contributed by atoms with Crippen LogP contribution in [0.4, 0.5) is 11.8 Å². The number of halogens is 1. The molecule has 0 amide bonds. The van der Waals surface area contributed by atoms with Crippen molar-refractivity contribution in [3.05, 3.63) is 46.6 Å². The Morgan fingerprint density at radius 1 is 1.05 bits per heavy atom. The highest BCUT2D eigenvalue weighted by Crippen LogP contribution is 2.20. The lowest BCUT2D eigenvalue weighted by Crippen LogP contribution is -2.07. The molecule has 106 valence electrons. The first-order chi connectivity index (χ1) is 9.72. The SMILES string of the molecule is CCNc1ncc(Cl)c(NCc2ccc(CC)cc2)n1. The standard InChI is InChI=1S/C15H19ClN4/c1-3-11-5-7-12(8-6-11)9-18-14-13(16)10-19-15(20-14)17-4-2/h5-8,10H,3-4,9H2,1-2H3,(H2,17,18,19,20). The maximum absolute atomic E-state index is 6.10. The Morgan fingerprint density at radius 3 is 2.40 bits per heavy atom. The Morgan fingerprint density at radius 2 is 1.75 bits per heavy atom. The van der Waals surface area contributed by atoms with Crippen LogP contribution in [0.15, 0.2) is 30.5 Å². The molecule has 0 unspecified atom stereocenters. The van der Waals surface area contributed by atoms with Gasteiger partial charge in [0.05, 0.1) is 6.20 Å². The van der Waals surface area contributed by atoms with E-state index >= 15 is 0 Å². The summed E-state index contributed by atoms with van der Waals surface area (Å²) in [6.07, 6.45) is 2.66. The van der Waals surface area contributed by atoms with Gasteiger partial charge in [0.2, 0.25) is 5.95 Å². The van der Waals surface area contributed by atoms with E-state index in [4.69, 9.17) is 11.6 Å². The number of aryl methyl sites for hydroxylation is 1. The number of benzene rings is 1. The number of aromatic nitrogens is 2. The van der Waals surface area contributed by atoms with Gasteiger partial charge in [0.15, 0.2) is 5.82 Å². The molecular formula is C15H19ClN4. The van der Waals surface area contributed by atoms with Crippen LogP contribution in [0.3, 0.4) is 0 Å². The molecule has 0 aliphatic heterocycles. The van der Waals surface area contributed by atoms with Gasteiger partial charge in [0.1, 0.15) is 5.02 Å².